The lowest BCUT2D eigenvalue weighted by molar-refractivity contribution is -0.145. The van der Waals surface area contributed by atoms with Crippen molar-refractivity contribution in [3.05, 3.63) is 175 Å². The fourth-order valence-corrected chi connectivity index (χ4v) is 6.37. The smallest absolute Gasteiger partial charge is 0.343 e. The van der Waals surface area contributed by atoms with E-state index in [4.69, 9.17) is 47.6 Å². The van der Waals surface area contributed by atoms with E-state index in [0.29, 0.717) is 33.5 Å². The third kappa shape index (κ3) is 14.2. The Hall–Kier alpha value is -9.10. The van der Waals surface area contributed by atoms with Gasteiger partial charge in [-0.15, -0.1) is 0 Å². The highest BCUT2D eigenvalue weighted by atomic mass is 32.1. The number of fused-ring (bicyclic) bond motifs is 1. The van der Waals surface area contributed by atoms with Crippen molar-refractivity contribution in [2.75, 3.05) is 38.7 Å². The minimum absolute atomic E-state index is 0.0336. The lowest BCUT2D eigenvalue weighted by Gasteiger charge is -2.16. The number of hydrogen-bond donors (Lipinski definition) is 0. The predicted octanol–water partition coefficient (Wildman–Crippen LogP) is 7.63. The zero-order valence-electron chi connectivity index (χ0n) is 35.8. The van der Waals surface area contributed by atoms with Gasteiger partial charge in [0.25, 0.3) is 0 Å². The van der Waals surface area contributed by atoms with Gasteiger partial charge >= 0.3 is 29.8 Å². The number of benzene rings is 5. The number of hydrogen-bond acceptors (Lipinski definition) is 19. The Kier molecular flexibility index (Phi) is 17.3. The molecule has 346 valence electrons. The molecular formula is C49H39N3O15S. The van der Waals surface area contributed by atoms with Crippen LogP contribution in [0, 0.1) is 0 Å². The van der Waals surface area contributed by atoms with E-state index in [9.17, 15) is 28.8 Å². The summed E-state index contributed by atoms with van der Waals surface area (Å²) in [5.41, 5.74) is 1.50. The molecule has 0 aliphatic heterocycles. The monoisotopic (exact) mass is 941 g/mol. The van der Waals surface area contributed by atoms with Crippen molar-refractivity contribution >= 4 is 68.5 Å². The third-order valence-corrected chi connectivity index (χ3v) is 9.92. The van der Waals surface area contributed by atoms with Gasteiger partial charge in [-0.05, 0) is 103 Å². The first-order valence-electron chi connectivity index (χ1n) is 19.9. The summed E-state index contributed by atoms with van der Waals surface area (Å²) >= 11 is 1.29. The van der Waals surface area contributed by atoms with Crippen LogP contribution in [-0.2, 0) is 33.3 Å². The van der Waals surface area contributed by atoms with E-state index < -0.39 is 36.6 Å². The van der Waals surface area contributed by atoms with Gasteiger partial charge < -0.3 is 42.6 Å². The number of carbonyl (C=O) groups excluding carboxylic acids is 6. The predicted molar refractivity (Wildman–Crippen MR) is 246 cm³/mol. The highest BCUT2D eigenvalue weighted by Crippen LogP contribution is 2.30. The van der Waals surface area contributed by atoms with Crippen molar-refractivity contribution in [1.29, 1.82) is 0 Å². The number of rotatable bonds is 24. The van der Waals surface area contributed by atoms with Crippen molar-refractivity contribution in [2.24, 2.45) is 5.10 Å². The molecule has 18 nitrogen and oxygen atoms in total. The van der Waals surface area contributed by atoms with E-state index in [-0.39, 0.29) is 60.9 Å². The molecule has 0 unspecified atom stereocenters. The number of para-hydroxylation sites is 1. The van der Waals surface area contributed by atoms with Crippen LogP contribution in [0.3, 0.4) is 0 Å². The van der Waals surface area contributed by atoms with Gasteiger partial charge in [0.1, 0.15) is 35.3 Å². The number of aromatic nitrogens is 1. The number of hydrazone groups is 1. The van der Waals surface area contributed by atoms with E-state index in [0.717, 1.165) is 22.9 Å². The standard InChI is InChI=1S/C49H39N3O15S/c1-4-44(54)63-28-59-36-17-11-32(12-18-36)41(53)27-52(49-51-40-9-7-8-10-43(40)68-49)50-26-35-25-39(62-31-66-47(57)33-13-19-37(20-14-33)60-29-64-45(55)5-2)23-24-42(35)67-48(58)34-15-21-38(22-16-34)61-30-65-46(56)6-3/h4-26H,1-3,27-31H2/b50-26+. The second-order valence-electron chi connectivity index (χ2n) is 13.3. The second-order valence-corrected chi connectivity index (χ2v) is 14.3. The van der Waals surface area contributed by atoms with Crippen LogP contribution in [0.1, 0.15) is 36.6 Å². The largest absolute Gasteiger partial charge is 0.457 e. The molecule has 0 N–H and O–H groups in total. The molecule has 0 aliphatic carbocycles. The van der Waals surface area contributed by atoms with Crippen molar-refractivity contribution in [1.82, 2.24) is 4.98 Å². The summed E-state index contributed by atoms with van der Waals surface area (Å²) in [6.45, 7) is 8.08. The van der Waals surface area contributed by atoms with Crippen LogP contribution in [0.2, 0.25) is 0 Å². The summed E-state index contributed by atoms with van der Waals surface area (Å²) in [6.07, 6.45) is 4.35. The Labute approximate surface area is 391 Å². The summed E-state index contributed by atoms with van der Waals surface area (Å²) in [5.74, 6) is -2.60. The third-order valence-electron chi connectivity index (χ3n) is 8.87. The molecule has 19 heteroatoms. The number of anilines is 1. The lowest BCUT2D eigenvalue weighted by atomic mass is 10.1. The van der Waals surface area contributed by atoms with Crippen LogP contribution >= 0.6 is 11.3 Å². The Bertz CT molecular complexity index is 2790. The van der Waals surface area contributed by atoms with Crippen LogP contribution < -0.4 is 28.7 Å². The van der Waals surface area contributed by atoms with Gasteiger partial charge in [0.2, 0.25) is 32.3 Å². The maximum absolute atomic E-state index is 13.8. The number of thiazole rings is 1. The Morgan fingerprint density at radius 1 is 0.559 bits per heavy atom. The molecule has 0 atom stereocenters. The van der Waals surface area contributed by atoms with Gasteiger partial charge in [-0.1, -0.05) is 43.2 Å². The molecule has 68 heavy (non-hydrogen) atoms. The fourth-order valence-electron chi connectivity index (χ4n) is 5.45. The zero-order chi connectivity index (χ0) is 48.3. The number of Topliss-reactive ketones (excluding diaryl/α,β-unsaturated/α-hetero) is 1. The first-order valence-corrected chi connectivity index (χ1v) is 20.8. The maximum Gasteiger partial charge on any atom is 0.343 e. The summed E-state index contributed by atoms with van der Waals surface area (Å²) < 4.78 is 48.3. The molecule has 1 heterocycles. The lowest BCUT2D eigenvalue weighted by Crippen LogP contribution is -2.25. The summed E-state index contributed by atoms with van der Waals surface area (Å²) in [5, 5.41) is 6.42. The van der Waals surface area contributed by atoms with Crippen LogP contribution in [0.5, 0.6) is 28.7 Å². The SMILES string of the molecule is C=CC(=O)OCOc1ccc(C(=O)CN(/N=C/c2cc(OCOC(=O)c3ccc(OCOC(=O)C=C)cc3)ccc2OC(=O)c2ccc(OCOC(=O)C=C)cc2)c2nc3ccccc3s2)cc1. The molecule has 0 aliphatic rings. The molecule has 0 bridgehead atoms. The van der Waals surface area contributed by atoms with Gasteiger partial charge in [0.05, 0.1) is 27.6 Å². The van der Waals surface area contributed by atoms with Gasteiger partial charge in [-0.2, -0.15) is 5.10 Å². The Morgan fingerprint density at radius 2 is 1.03 bits per heavy atom. The molecule has 1 aromatic heterocycles. The molecular weight excluding hydrogens is 903 g/mol. The Morgan fingerprint density at radius 3 is 1.56 bits per heavy atom. The highest BCUT2D eigenvalue weighted by Gasteiger charge is 2.19. The minimum atomic E-state index is -0.759. The molecule has 0 saturated heterocycles. The normalized spacial score (nSPS) is 10.5. The average molecular weight is 942 g/mol. The quantitative estimate of drug-likeness (QED) is 0.00833. The van der Waals surface area contributed by atoms with E-state index in [1.807, 2.05) is 24.3 Å². The average Bonchev–Trinajstić information content (AvgIpc) is 3.80. The van der Waals surface area contributed by atoms with Gasteiger partial charge in [0, 0.05) is 29.4 Å². The molecule has 0 fully saturated rings. The van der Waals surface area contributed by atoms with Crippen LogP contribution in [0.25, 0.3) is 10.2 Å². The summed E-state index contributed by atoms with van der Waals surface area (Å²) in [6, 6.07) is 29.7. The number of nitrogens with zero attached hydrogens (tertiary/aromatic N) is 3. The highest BCUT2D eigenvalue weighted by molar-refractivity contribution is 7.22. The van der Waals surface area contributed by atoms with Crippen molar-refractivity contribution in [2.45, 2.75) is 0 Å². The zero-order valence-corrected chi connectivity index (χ0v) is 36.6. The summed E-state index contributed by atoms with van der Waals surface area (Å²) in [4.78, 5) is 78.7. The van der Waals surface area contributed by atoms with Crippen LogP contribution in [0.15, 0.2) is 158 Å². The van der Waals surface area contributed by atoms with E-state index in [1.54, 1.807) is 24.3 Å². The maximum atomic E-state index is 13.8. The molecule has 6 rings (SSSR count). The topological polar surface area (TPSA) is 214 Å². The minimum Gasteiger partial charge on any atom is -0.457 e. The van der Waals surface area contributed by atoms with Crippen molar-refractivity contribution < 1.29 is 71.4 Å². The molecule has 0 amide bonds. The van der Waals surface area contributed by atoms with Gasteiger partial charge in [-0.3, -0.25) is 4.79 Å². The molecule has 5 aromatic carbocycles. The number of ketones is 1. The molecule has 0 radical (unpaired) electrons. The first kappa shape index (κ1) is 48.4. The molecule has 0 saturated carbocycles. The first-order chi connectivity index (χ1) is 33.0. The molecule has 6 aromatic rings. The number of carbonyl (C=O) groups is 6. The number of ether oxygens (including phenoxy) is 9. The van der Waals surface area contributed by atoms with Crippen LogP contribution in [-0.4, -0.2) is 80.5 Å². The van der Waals surface area contributed by atoms with E-state index >= 15 is 0 Å². The molecule has 0 spiro atoms. The Balaban J connectivity index is 1.21. The number of esters is 5. The van der Waals surface area contributed by atoms with Crippen LogP contribution in [0.4, 0.5) is 5.13 Å². The van der Waals surface area contributed by atoms with Crippen molar-refractivity contribution in [3.8, 4) is 28.7 Å². The fraction of sp³-hybridized carbons (Fsp3) is 0.102. The van der Waals surface area contributed by atoms with Gasteiger partial charge in [0.15, 0.2) is 5.78 Å². The summed E-state index contributed by atoms with van der Waals surface area (Å²) in [7, 11) is 0. The second kappa shape index (κ2) is 24.3. The van der Waals surface area contributed by atoms with E-state index in [2.05, 4.69) is 24.8 Å². The van der Waals surface area contributed by atoms with Crippen molar-refractivity contribution in [3.63, 3.8) is 0 Å². The van der Waals surface area contributed by atoms with Gasteiger partial charge in [-0.25, -0.2) is 34.0 Å². The van der Waals surface area contributed by atoms with E-state index in [1.165, 1.54) is 89.3 Å².